The van der Waals surface area contributed by atoms with E-state index in [1.807, 2.05) is 0 Å². The van der Waals surface area contributed by atoms with Gasteiger partial charge in [0.15, 0.2) is 0 Å². The number of alkyl halides is 3. The molecule has 1 heterocycles. The van der Waals surface area contributed by atoms with E-state index in [9.17, 15) is 13.2 Å². The van der Waals surface area contributed by atoms with Gasteiger partial charge in [-0.2, -0.15) is 13.2 Å². The van der Waals surface area contributed by atoms with Crippen LogP contribution >= 0.6 is 0 Å². The highest BCUT2D eigenvalue weighted by Gasteiger charge is 2.33. The first kappa shape index (κ1) is 15.0. The molecule has 21 heavy (non-hydrogen) atoms. The minimum atomic E-state index is -4.54. The number of halogens is 3. The van der Waals surface area contributed by atoms with Gasteiger partial charge in [0, 0.05) is 6.07 Å². The predicted octanol–water partition coefficient (Wildman–Crippen LogP) is 3.27. The van der Waals surface area contributed by atoms with E-state index in [4.69, 9.17) is 15.2 Å². The Balaban J connectivity index is 2.11. The van der Waals surface area contributed by atoms with E-state index >= 15 is 0 Å². The zero-order valence-corrected chi connectivity index (χ0v) is 11.1. The Morgan fingerprint density at radius 1 is 1.19 bits per heavy atom. The quantitative estimate of drug-likeness (QED) is 0.941. The van der Waals surface area contributed by atoms with E-state index in [0.717, 1.165) is 17.8 Å². The van der Waals surface area contributed by atoms with Crippen LogP contribution in [0.5, 0.6) is 11.5 Å². The lowest BCUT2D eigenvalue weighted by atomic mass is 10.2. The number of nitrogen functional groups attached to an aromatic ring is 1. The maximum atomic E-state index is 12.6. The molecule has 4 nitrogen and oxygen atoms in total. The van der Waals surface area contributed by atoms with Crippen molar-refractivity contribution in [1.29, 1.82) is 0 Å². The number of rotatable bonds is 4. The lowest BCUT2D eigenvalue weighted by Gasteiger charge is -2.12. The number of pyridine rings is 1. The zero-order valence-electron chi connectivity index (χ0n) is 11.1. The van der Waals surface area contributed by atoms with Crippen molar-refractivity contribution in [2.45, 2.75) is 12.8 Å². The van der Waals surface area contributed by atoms with Crippen molar-refractivity contribution in [1.82, 2.24) is 4.98 Å². The van der Waals surface area contributed by atoms with Crippen LogP contribution in [0, 0.1) is 0 Å². The molecule has 0 aliphatic heterocycles. The van der Waals surface area contributed by atoms with Crippen LogP contribution in [-0.2, 0) is 12.8 Å². The Bertz CT molecular complexity index is 613. The summed E-state index contributed by atoms with van der Waals surface area (Å²) in [4.78, 5) is 3.24. The summed E-state index contributed by atoms with van der Waals surface area (Å²) >= 11 is 0. The summed E-state index contributed by atoms with van der Waals surface area (Å²) in [5.41, 5.74) is 5.36. The summed E-state index contributed by atoms with van der Waals surface area (Å²) in [6.45, 7) is 0.0928. The van der Waals surface area contributed by atoms with Crippen LogP contribution in [-0.4, -0.2) is 12.1 Å². The largest absolute Gasteiger partial charge is 0.497 e. The minimum Gasteiger partial charge on any atom is -0.497 e. The number of aromatic nitrogens is 1. The van der Waals surface area contributed by atoms with Crippen LogP contribution in [0.1, 0.15) is 11.3 Å². The topological polar surface area (TPSA) is 57.4 Å². The molecule has 0 amide bonds. The van der Waals surface area contributed by atoms with Crippen molar-refractivity contribution < 1.29 is 22.6 Å². The third kappa shape index (κ3) is 3.77. The second-order valence-electron chi connectivity index (χ2n) is 4.24. The van der Waals surface area contributed by atoms with Gasteiger partial charge in [0.25, 0.3) is 0 Å². The average molecular weight is 298 g/mol. The molecule has 1 aromatic heterocycles. The standard InChI is InChI=1S/C14H13F3N2O2/c1-20-10-4-2-9(3-5-10)8-21-12-6-13(14(15,16)17)19-7-11(12)18/h2-7H,8,18H2,1H3. The van der Waals surface area contributed by atoms with Gasteiger partial charge >= 0.3 is 6.18 Å². The number of anilines is 1. The van der Waals surface area contributed by atoms with Crippen LogP contribution in [0.25, 0.3) is 0 Å². The number of nitrogens with zero attached hydrogens (tertiary/aromatic N) is 1. The van der Waals surface area contributed by atoms with Gasteiger partial charge in [0.1, 0.15) is 23.8 Å². The van der Waals surface area contributed by atoms with Gasteiger partial charge in [-0.15, -0.1) is 0 Å². The van der Waals surface area contributed by atoms with Crippen molar-refractivity contribution in [3.05, 3.63) is 47.8 Å². The van der Waals surface area contributed by atoms with E-state index in [1.54, 1.807) is 31.4 Å². The molecule has 1 aromatic carbocycles. The minimum absolute atomic E-state index is 0.0480. The lowest BCUT2D eigenvalue weighted by Crippen LogP contribution is -2.09. The second kappa shape index (κ2) is 5.90. The summed E-state index contributed by atoms with van der Waals surface area (Å²) < 4.78 is 48.1. The molecule has 0 spiro atoms. The molecular formula is C14H13F3N2O2. The third-order valence-corrected chi connectivity index (χ3v) is 2.74. The van der Waals surface area contributed by atoms with Crippen molar-refractivity contribution in [3.63, 3.8) is 0 Å². The van der Waals surface area contributed by atoms with Crippen LogP contribution in [0.4, 0.5) is 18.9 Å². The van der Waals surface area contributed by atoms with E-state index in [1.165, 1.54) is 0 Å². The normalized spacial score (nSPS) is 11.2. The summed E-state index contributed by atoms with van der Waals surface area (Å²) in [5.74, 6) is 0.634. The van der Waals surface area contributed by atoms with E-state index in [2.05, 4.69) is 4.98 Å². The van der Waals surface area contributed by atoms with Gasteiger partial charge in [-0.25, -0.2) is 4.98 Å². The molecule has 0 radical (unpaired) electrons. The molecule has 2 N–H and O–H groups in total. The molecule has 0 aliphatic rings. The summed E-state index contributed by atoms with van der Waals surface area (Å²) in [5, 5.41) is 0. The molecule has 0 unspecified atom stereocenters. The third-order valence-electron chi connectivity index (χ3n) is 2.74. The molecule has 0 saturated heterocycles. The molecule has 2 rings (SSSR count). The fraction of sp³-hybridized carbons (Fsp3) is 0.214. The van der Waals surface area contributed by atoms with Crippen LogP contribution in [0.3, 0.4) is 0 Å². The summed E-state index contributed by atoms with van der Waals surface area (Å²) in [6.07, 6.45) is -3.60. The average Bonchev–Trinajstić information content (AvgIpc) is 2.45. The predicted molar refractivity (Wildman–Crippen MR) is 71.0 cm³/mol. The molecule has 0 saturated carbocycles. The van der Waals surface area contributed by atoms with Gasteiger partial charge < -0.3 is 15.2 Å². The fourth-order valence-corrected chi connectivity index (χ4v) is 1.61. The molecule has 112 valence electrons. The maximum Gasteiger partial charge on any atom is 0.433 e. The monoisotopic (exact) mass is 298 g/mol. The highest BCUT2D eigenvalue weighted by Crippen LogP contribution is 2.32. The van der Waals surface area contributed by atoms with Gasteiger partial charge in [0.05, 0.1) is 19.0 Å². The first-order chi connectivity index (χ1) is 9.90. The Morgan fingerprint density at radius 3 is 2.43 bits per heavy atom. The zero-order chi connectivity index (χ0) is 15.5. The van der Waals surface area contributed by atoms with Crippen molar-refractivity contribution >= 4 is 5.69 Å². The molecular weight excluding hydrogens is 285 g/mol. The van der Waals surface area contributed by atoms with Gasteiger partial charge in [-0.3, -0.25) is 0 Å². The molecule has 0 atom stereocenters. The van der Waals surface area contributed by atoms with E-state index in [0.29, 0.717) is 5.75 Å². The Labute approximate surface area is 119 Å². The van der Waals surface area contributed by atoms with Crippen LogP contribution in [0.15, 0.2) is 36.5 Å². The highest BCUT2D eigenvalue weighted by molar-refractivity contribution is 5.51. The molecule has 0 fully saturated rings. The number of methoxy groups -OCH3 is 1. The number of hydrogen-bond acceptors (Lipinski definition) is 4. The Hall–Kier alpha value is -2.44. The Kier molecular flexibility index (Phi) is 4.21. The maximum absolute atomic E-state index is 12.6. The number of nitrogens with two attached hydrogens (primary N) is 1. The van der Waals surface area contributed by atoms with Gasteiger partial charge in [-0.05, 0) is 17.7 Å². The van der Waals surface area contributed by atoms with Crippen LogP contribution < -0.4 is 15.2 Å². The lowest BCUT2D eigenvalue weighted by molar-refractivity contribution is -0.141. The first-order valence-corrected chi connectivity index (χ1v) is 5.98. The van der Waals surface area contributed by atoms with E-state index < -0.39 is 11.9 Å². The number of benzene rings is 1. The van der Waals surface area contributed by atoms with Crippen molar-refractivity contribution in [2.24, 2.45) is 0 Å². The van der Waals surface area contributed by atoms with E-state index in [-0.39, 0.29) is 18.0 Å². The smallest absolute Gasteiger partial charge is 0.433 e. The molecule has 0 bridgehead atoms. The number of hydrogen-bond donors (Lipinski definition) is 1. The SMILES string of the molecule is COc1ccc(COc2cc(C(F)(F)F)ncc2N)cc1. The highest BCUT2D eigenvalue weighted by atomic mass is 19.4. The molecule has 0 aliphatic carbocycles. The fourth-order valence-electron chi connectivity index (χ4n) is 1.61. The van der Waals surface area contributed by atoms with Gasteiger partial charge in [0.2, 0.25) is 0 Å². The summed E-state index contributed by atoms with van der Waals surface area (Å²) in [7, 11) is 1.54. The molecule has 2 aromatic rings. The van der Waals surface area contributed by atoms with Crippen molar-refractivity contribution in [3.8, 4) is 11.5 Å². The summed E-state index contributed by atoms with van der Waals surface area (Å²) in [6, 6.07) is 7.76. The number of ether oxygens (including phenoxy) is 2. The first-order valence-electron chi connectivity index (χ1n) is 5.98. The van der Waals surface area contributed by atoms with Crippen molar-refractivity contribution in [2.75, 3.05) is 12.8 Å². The second-order valence-corrected chi connectivity index (χ2v) is 4.24. The Morgan fingerprint density at radius 2 is 1.86 bits per heavy atom. The van der Waals surface area contributed by atoms with Gasteiger partial charge in [-0.1, -0.05) is 12.1 Å². The molecule has 7 heteroatoms. The van der Waals surface area contributed by atoms with Crippen LogP contribution in [0.2, 0.25) is 0 Å².